The Hall–Kier alpha value is -1.53. The van der Waals surface area contributed by atoms with Gasteiger partial charge in [0.2, 0.25) is 0 Å². The van der Waals surface area contributed by atoms with Gasteiger partial charge in [-0.15, -0.1) is 11.3 Å². The second-order valence-electron chi connectivity index (χ2n) is 4.26. The van der Waals surface area contributed by atoms with E-state index in [1.54, 1.807) is 18.2 Å². The largest absolute Gasteiger partial charge is 0.489 e. The van der Waals surface area contributed by atoms with Gasteiger partial charge in [0.1, 0.15) is 16.6 Å². The van der Waals surface area contributed by atoms with Gasteiger partial charge in [0.05, 0.1) is 12.2 Å². The molecule has 0 fully saturated rings. The number of thiophene rings is 1. The molecule has 3 rings (SSSR count). The molecular formula is C13H13NO3S2. The van der Waals surface area contributed by atoms with Crippen molar-refractivity contribution in [3.63, 3.8) is 0 Å². The van der Waals surface area contributed by atoms with Crippen LogP contribution in [0.15, 0.2) is 40.6 Å². The Morgan fingerprint density at radius 3 is 2.74 bits per heavy atom. The summed E-state index contributed by atoms with van der Waals surface area (Å²) < 4.78 is 32.6. The lowest BCUT2D eigenvalue weighted by Gasteiger charge is -2.29. The first-order chi connectivity index (χ1) is 9.09. The predicted molar refractivity (Wildman–Crippen MR) is 75.5 cm³/mol. The molecule has 2 heterocycles. The van der Waals surface area contributed by atoms with Gasteiger partial charge in [0.15, 0.2) is 0 Å². The van der Waals surface area contributed by atoms with Crippen LogP contribution in [0.2, 0.25) is 0 Å². The summed E-state index contributed by atoms with van der Waals surface area (Å²) in [4.78, 5) is 0.986. The van der Waals surface area contributed by atoms with Gasteiger partial charge in [-0.2, -0.15) is 0 Å². The summed E-state index contributed by atoms with van der Waals surface area (Å²) in [7, 11) is -3.48. The number of rotatable bonds is 2. The zero-order chi connectivity index (χ0) is 13.5. The van der Waals surface area contributed by atoms with Crippen LogP contribution < -0.4 is 9.04 Å². The van der Waals surface area contributed by atoms with Crippen LogP contribution in [0.25, 0.3) is 0 Å². The molecule has 0 saturated heterocycles. The van der Waals surface area contributed by atoms with Gasteiger partial charge in [-0.05, 0) is 31.2 Å². The van der Waals surface area contributed by atoms with E-state index in [1.807, 2.05) is 25.1 Å². The first kappa shape index (κ1) is 12.5. The molecule has 0 aliphatic carbocycles. The molecule has 4 nitrogen and oxygen atoms in total. The molecule has 0 saturated carbocycles. The van der Waals surface area contributed by atoms with E-state index < -0.39 is 10.0 Å². The van der Waals surface area contributed by atoms with Crippen molar-refractivity contribution < 1.29 is 13.2 Å². The van der Waals surface area contributed by atoms with E-state index in [1.165, 1.54) is 15.6 Å². The average Bonchev–Trinajstić information content (AvgIpc) is 2.85. The molecule has 1 aromatic heterocycles. The highest BCUT2D eigenvalue weighted by Gasteiger charge is 2.30. The smallest absolute Gasteiger partial charge is 0.274 e. The van der Waals surface area contributed by atoms with E-state index in [0.29, 0.717) is 28.8 Å². The zero-order valence-electron chi connectivity index (χ0n) is 10.4. The van der Waals surface area contributed by atoms with Crippen LogP contribution >= 0.6 is 11.3 Å². The molecule has 2 aromatic rings. The summed E-state index contributed by atoms with van der Waals surface area (Å²) in [5.41, 5.74) is 0.611. The molecule has 0 radical (unpaired) electrons. The summed E-state index contributed by atoms with van der Waals surface area (Å²) in [5.74, 6) is 0.616. The van der Waals surface area contributed by atoms with Crippen LogP contribution in [-0.2, 0) is 10.0 Å². The number of nitrogens with zero attached hydrogens (tertiary/aromatic N) is 1. The quantitative estimate of drug-likeness (QED) is 0.855. The molecule has 0 N–H and O–H groups in total. The van der Waals surface area contributed by atoms with E-state index in [-0.39, 0.29) is 0 Å². The van der Waals surface area contributed by atoms with Crippen molar-refractivity contribution in [3.05, 3.63) is 41.3 Å². The minimum absolute atomic E-state index is 0.344. The summed E-state index contributed by atoms with van der Waals surface area (Å²) in [6, 6.07) is 10.7. The third-order valence-electron chi connectivity index (χ3n) is 2.95. The number of hydrogen-bond donors (Lipinski definition) is 0. The maximum absolute atomic E-state index is 12.6. The summed E-state index contributed by atoms with van der Waals surface area (Å²) in [6.07, 6.45) is 0. The monoisotopic (exact) mass is 295 g/mol. The van der Waals surface area contributed by atoms with Gasteiger partial charge >= 0.3 is 0 Å². The van der Waals surface area contributed by atoms with Crippen molar-refractivity contribution in [1.29, 1.82) is 0 Å². The molecule has 0 spiro atoms. The number of fused-ring (bicyclic) bond motifs is 1. The number of sulfonamides is 1. The fourth-order valence-corrected chi connectivity index (χ4v) is 4.91. The van der Waals surface area contributed by atoms with E-state index >= 15 is 0 Å². The van der Waals surface area contributed by atoms with Crippen LogP contribution in [0.1, 0.15) is 4.88 Å². The Balaban J connectivity index is 2.08. The Bertz CT molecular complexity index is 706. The van der Waals surface area contributed by atoms with E-state index in [0.717, 1.165) is 4.88 Å². The van der Waals surface area contributed by atoms with Crippen LogP contribution in [-0.4, -0.2) is 21.6 Å². The summed E-state index contributed by atoms with van der Waals surface area (Å²) >= 11 is 1.29. The average molecular weight is 295 g/mol. The Labute approximate surface area is 116 Å². The topological polar surface area (TPSA) is 46.6 Å². The minimum atomic E-state index is -3.48. The van der Waals surface area contributed by atoms with Crippen LogP contribution in [0.3, 0.4) is 0 Å². The lowest BCUT2D eigenvalue weighted by molar-refractivity contribution is 0.316. The van der Waals surface area contributed by atoms with Gasteiger partial charge in [-0.25, -0.2) is 8.42 Å². The van der Waals surface area contributed by atoms with Crippen molar-refractivity contribution in [2.45, 2.75) is 11.1 Å². The summed E-state index contributed by atoms with van der Waals surface area (Å²) in [5, 5.41) is 0. The molecule has 100 valence electrons. The van der Waals surface area contributed by atoms with Crippen molar-refractivity contribution >= 4 is 27.0 Å². The SMILES string of the molecule is Cc1ccc(S(=O)(=O)N2CCOc3ccccc32)s1. The third-order valence-corrected chi connectivity index (χ3v) is 6.23. The van der Waals surface area contributed by atoms with Crippen molar-refractivity contribution in [1.82, 2.24) is 0 Å². The number of ether oxygens (including phenoxy) is 1. The number of benzene rings is 1. The zero-order valence-corrected chi connectivity index (χ0v) is 12.0. The van der Waals surface area contributed by atoms with Gasteiger partial charge < -0.3 is 4.74 Å². The van der Waals surface area contributed by atoms with Gasteiger partial charge in [0, 0.05) is 4.88 Å². The van der Waals surface area contributed by atoms with Crippen LogP contribution in [0.4, 0.5) is 5.69 Å². The van der Waals surface area contributed by atoms with E-state index in [4.69, 9.17) is 4.74 Å². The van der Waals surface area contributed by atoms with Crippen LogP contribution in [0.5, 0.6) is 5.75 Å². The van der Waals surface area contributed by atoms with Gasteiger partial charge in [0.25, 0.3) is 10.0 Å². The first-order valence-electron chi connectivity index (χ1n) is 5.90. The lowest BCUT2D eigenvalue weighted by Crippen LogP contribution is -2.37. The highest BCUT2D eigenvalue weighted by Crippen LogP contribution is 2.36. The Morgan fingerprint density at radius 1 is 1.21 bits per heavy atom. The standard InChI is InChI=1S/C13H13NO3S2/c1-10-6-7-13(18-10)19(15,16)14-8-9-17-12-5-3-2-4-11(12)14/h2-7H,8-9H2,1H3. The normalized spacial score (nSPS) is 14.9. The Kier molecular flexibility index (Phi) is 2.99. The maximum atomic E-state index is 12.6. The molecule has 0 amide bonds. The number of hydrogen-bond acceptors (Lipinski definition) is 4. The fraction of sp³-hybridized carbons (Fsp3) is 0.231. The molecule has 6 heteroatoms. The van der Waals surface area contributed by atoms with E-state index in [9.17, 15) is 8.42 Å². The Morgan fingerprint density at radius 2 is 2.00 bits per heavy atom. The second kappa shape index (κ2) is 4.54. The van der Waals surface area contributed by atoms with Gasteiger partial charge in [-0.3, -0.25) is 4.31 Å². The highest BCUT2D eigenvalue weighted by molar-refractivity contribution is 7.94. The van der Waals surface area contributed by atoms with Crippen molar-refractivity contribution in [2.75, 3.05) is 17.5 Å². The molecule has 0 bridgehead atoms. The molecule has 1 aromatic carbocycles. The molecule has 0 unspecified atom stereocenters. The molecule has 0 atom stereocenters. The minimum Gasteiger partial charge on any atom is -0.489 e. The second-order valence-corrected chi connectivity index (χ2v) is 7.64. The summed E-state index contributed by atoms with van der Waals surface area (Å²) in [6.45, 7) is 2.62. The van der Waals surface area contributed by atoms with Crippen LogP contribution in [0, 0.1) is 6.92 Å². The predicted octanol–water partition coefficient (Wildman–Crippen LogP) is 2.64. The number of anilines is 1. The van der Waals surface area contributed by atoms with Crippen molar-refractivity contribution in [2.24, 2.45) is 0 Å². The highest BCUT2D eigenvalue weighted by atomic mass is 32.2. The fourth-order valence-electron chi connectivity index (χ4n) is 2.05. The third kappa shape index (κ3) is 2.11. The van der Waals surface area contributed by atoms with E-state index in [2.05, 4.69) is 0 Å². The lowest BCUT2D eigenvalue weighted by atomic mass is 10.2. The van der Waals surface area contributed by atoms with Gasteiger partial charge in [-0.1, -0.05) is 12.1 Å². The first-order valence-corrected chi connectivity index (χ1v) is 8.16. The van der Waals surface area contributed by atoms with Crippen molar-refractivity contribution in [3.8, 4) is 5.75 Å². The molecular weight excluding hydrogens is 282 g/mol. The number of para-hydroxylation sites is 2. The maximum Gasteiger partial charge on any atom is 0.274 e. The number of aryl methyl sites for hydroxylation is 1. The molecule has 1 aliphatic heterocycles. The molecule has 1 aliphatic rings. The molecule has 19 heavy (non-hydrogen) atoms.